The van der Waals surface area contributed by atoms with Crippen molar-refractivity contribution in [1.29, 1.82) is 0 Å². The second-order valence-electron chi connectivity index (χ2n) is 3.32. The predicted molar refractivity (Wildman–Crippen MR) is 63.9 cm³/mol. The van der Waals surface area contributed by atoms with Gasteiger partial charge < -0.3 is 18.9 Å². The standard InChI is InChI=1S/C12H22O6/c1-5-15-10(13)9-12(17-7-3,18-8-4)11(14)16-6-2/h5-9H2,1-4H3. The maximum Gasteiger partial charge on any atom is 0.367 e. The summed E-state index contributed by atoms with van der Waals surface area (Å²) < 4.78 is 20.3. The Labute approximate surface area is 108 Å². The van der Waals surface area contributed by atoms with Crippen molar-refractivity contribution in [1.82, 2.24) is 0 Å². The SMILES string of the molecule is CCOC(=O)CC(OCC)(OCC)C(=O)OCC. The van der Waals surface area contributed by atoms with E-state index in [2.05, 4.69) is 0 Å². The first kappa shape index (κ1) is 16.9. The second-order valence-corrected chi connectivity index (χ2v) is 3.32. The molecule has 0 aliphatic rings. The molecule has 106 valence electrons. The Bertz CT molecular complexity index is 257. The molecular formula is C12H22O6. The fourth-order valence-corrected chi connectivity index (χ4v) is 1.44. The third-order valence-electron chi connectivity index (χ3n) is 2.02. The van der Waals surface area contributed by atoms with Crippen LogP contribution in [0.15, 0.2) is 0 Å². The molecular weight excluding hydrogens is 240 g/mol. The number of hydrogen-bond donors (Lipinski definition) is 0. The molecule has 0 radical (unpaired) electrons. The maximum atomic E-state index is 11.9. The van der Waals surface area contributed by atoms with Crippen molar-refractivity contribution in [2.45, 2.75) is 39.9 Å². The van der Waals surface area contributed by atoms with Crippen LogP contribution in [0.4, 0.5) is 0 Å². The monoisotopic (exact) mass is 262 g/mol. The summed E-state index contributed by atoms with van der Waals surface area (Å²) in [6.07, 6.45) is -0.318. The normalized spacial score (nSPS) is 11.1. The zero-order chi connectivity index (χ0) is 14.0. The molecule has 0 saturated heterocycles. The second kappa shape index (κ2) is 8.88. The van der Waals surface area contributed by atoms with Gasteiger partial charge in [0.2, 0.25) is 0 Å². The Morgan fingerprint density at radius 2 is 1.33 bits per heavy atom. The lowest BCUT2D eigenvalue weighted by Crippen LogP contribution is -2.48. The van der Waals surface area contributed by atoms with Crippen molar-refractivity contribution in [3.63, 3.8) is 0 Å². The molecule has 6 heteroatoms. The third-order valence-corrected chi connectivity index (χ3v) is 2.02. The lowest BCUT2D eigenvalue weighted by Gasteiger charge is -2.29. The van der Waals surface area contributed by atoms with Gasteiger partial charge in [-0.1, -0.05) is 0 Å². The van der Waals surface area contributed by atoms with Gasteiger partial charge in [-0.2, -0.15) is 0 Å². The number of esters is 2. The zero-order valence-corrected chi connectivity index (χ0v) is 11.5. The molecule has 0 atom stereocenters. The van der Waals surface area contributed by atoms with Gasteiger partial charge in [0.25, 0.3) is 5.79 Å². The molecule has 0 saturated carbocycles. The first-order chi connectivity index (χ1) is 8.56. The van der Waals surface area contributed by atoms with E-state index in [0.717, 1.165) is 0 Å². The summed E-state index contributed by atoms with van der Waals surface area (Å²) in [4.78, 5) is 23.4. The number of hydrogen-bond acceptors (Lipinski definition) is 6. The summed E-state index contributed by atoms with van der Waals surface area (Å²) in [5.41, 5.74) is 0. The van der Waals surface area contributed by atoms with Crippen molar-refractivity contribution in [3.05, 3.63) is 0 Å². The van der Waals surface area contributed by atoms with E-state index in [-0.39, 0.29) is 32.8 Å². The van der Waals surface area contributed by atoms with Gasteiger partial charge in [-0.15, -0.1) is 0 Å². The molecule has 18 heavy (non-hydrogen) atoms. The van der Waals surface area contributed by atoms with Crippen LogP contribution in [0.2, 0.25) is 0 Å². The van der Waals surface area contributed by atoms with Crippen molar-refractivity contribution in [2.24, 2.45) is 0 Å². The fraction of sp³-hybridized carbons (Fsp3) is 0.833. The van der Waals surface area contributed by atoms with Crippen molar-refractivity contribution in [3.8, 4) is 0 Å². The lowest BCUT2D eigenvalue weighted by atomic mass is 10.2. The van der Waals surface area contributed by atoms with Crippen molar-refractivity contribution < 1.29 is 28.5 Å². The van der Waals surface area contributed by atoms with E-state index < -0.39 is 17.7 Å². The first-order valence-corrected chi connectivity index (χ1v) is 6.16. The van der Waals surface area contributed by atoms with Crippen molar-refractivity contribution in [2.75, 3.05) is 26.4 Å². The Hall–Kier alpha value is -1.14. The molecule has 0 bridgehead atoms. The van der Waals surface area contributed by atoms with E-state index in [1.807, 2.05) is 0 Å². The fourth-order valence-electron chi connectivity index (χ4n) is 1.44. The van der Waals surface area contributed by atoms with Crippen LogP contribution in [0.1, 0.15) is 34.1 Å². The highest BCUT2D eigenvalue weighted by Crippen LogP contribution is 2.21. The highest BCUT2D eigenvalue weighted by molar-refractivity contribution is 5.84. The quantitative estimate of drug-likeness (QED) is 0.460. The van der Waals surface area contributed by atoms with E-state index in [1.165, 1.54) is 0 Å². The molecule has 0 aromatic carbocycles. The minimum Gasteiger partial charge on any atom is -0.466 e. The molecule has 0 heterocycles. The van der Waals surface area contributed by atoms with Gasteiger partial charge >= 0.3 is 11.9 Å². The minimum absolute atomic E-state index is 0.184. The molecule has 0 aromatic heterocycles. The van der Waals surface area contributed by atoms with Crippen LogP contribution in [0.5, 0.6) is 0 Å². The molecule has 6 nitrogen and oxygen atoms in total. The van der Waals surface area contributed by atoms with Crippen molar-refractivity contribution >= 4 is 11.9 Å². The van der Waals surface area contributed by atoms with E-state index in [9.17, 15) is 9.59 Å². The van der Waals surface area contributed by atoms with Gasteiger partial charge in [0, 0.05) is 13.2 Å². The van der Waals surface area contributed by atoms with Crippen LogP contribution in [0, 0.1) is 0 Å². The lowest BCUT2D eigenvalue weighted by molar-refractivity contribution is -0.249. The maximum absolute atomic E-state index is 11.9. The van der Waals surface area contributed by atoms with Gasteiger partial charge in [-0.25, -0.2) is 4.79 Å². The molecule has 0 amide bonds. The van der Waals surface area contributed by atoms with Gasteiger partial charge in [-0.3, -0.25) is 4.79 Å². The third kappa shape index (κ3) is 5.01. The van der Waals surface area contributed by atoms with E-state index >= 15 is 0 Å². The largest absolute Gasteiger partial charge is 0.466 e. The van der Waals surface area contributed by atoms with E-state index in [0.29, 0.717) is 0 Å². The molecule has 0 aliphatic carbocycles. The summed E-state index contributed by atoms with van der Waals surface area (Å²) in [6.45, 7) is 7.63. The average Bonchev–Trinajstić information content (AvgIpc) is 2.30. The smallest absolute Gasteiger partial charge is 0.367 e. The van der Waals surface area contributed by atoms with Crippen LogP contribution in [0.3, 0.4) is 0 Å². The first-order valence-electron chi connectivity index (χ1n) is 6.16. The Morgan fingerprint density at radius 1 is 0.833 bits per heavy atom. The summed E-state index contributed by atoms with van der Waals surface area (Å²) in [5, 5.41) is 0. The van der Waals surface area contributed by atoms with Gasteiger partial charge in [0.05, 0.1) is 13.2 Å². The Morgan fingerprint density at radius 3 is 1.72 bits per heavy atom. The summed E-state index contributed by atoms with van der Waals surface area (Å²) >= 11 is 0. The Kier molecular flexibility index (Phi) is 8.32. The summed E-state index contributed by atoms with van der Waals surface area (Å²) in [7, 11) is 0. The molecule has 0 rings (SSSR count). The van der Waals surface area contributed by atoms with Crippen LogP contribution < -0.4 is 0 Å². The van der Waals surface area contributed by atoms with Crippen LogP contribution in [0.25, 0.3) is 0 Å². The highest BCUT2D eigenvalue weighted by Gasteiger charge is 2.45. The number of ether oxygens (including phenoxy) is 4. The molecule has 0 aliphatic heterocycles. The number of carbonyl (C=O) groups is 2. The van der Waals surface area contributed by atoms with E-state index in [1.54, 1.807) is 27.7 Å². The number of rotatable bonds is 9. The molecule has 0 unspecified atom stereocenters. The van der Waals surface area contributed by atoms with Crippen LogP contribution in [-0.4, -0.2) is 44.2 Å². The van der Waals surface area contributed by atoms with Gasteiger partial charge in [0.1, 0.15) is 6.42 Å². The zero-order valence-electron chi connectivity index (χ0n) is 11.5. The Balaban J connectivity index is 4.94. The average molecular weight is 262 g/mol. The highest BCUT2D eigenvalue weighted by atomic mass is 16.7. The van der Waals surface area contributed by atoms with Crippen LogP contribution in [-0.2, 0) is 28.5 Å². The molecule has 0 aromatic rings. The molecule has 0 N–H and O–H groups in total. The van der Waals surface area contributed by atoms with Crippen LogP contribution >= 0.6 is 0 Å². The van der Waals surface area contributed by atoms with Gasteiger partial charge in [-0.05, 0) is 27.7 Å². The van der Waals surface area contributed by atoms with Gasteiger partial charge in [0.15, 0.2) is 0 Å². The minimum atomic E-state index is -1.70. The summed E-state index contributed by atoms with van der Waals surface area (Å²) in [6, 6.07) is 0. The number of carbonyl (C=O) groups excluding carboxylic acids is 2. The van der Waals surface area contributed by atoms with E-state index in [4.69, 9.17) is 18.9 Å². The molecule has 0 fully saturated rings. The summed E-state index contributed by atoms with van der Waals surface area (Å²) in [5.74, 6) is -2.97. The molecule has 0 spiro atoms. The predicted octanol–water partition coefficient (Wildman–Crippen LogP) is 1.27. The topological polar surface area (TPSA) is 71.1 Å².